The van der Waals surface area contributed by atoms with Gasteiger partial charge in [0.2, 0.25) is 0 Å². The van der Waals surface area contributed by atoms with Crippen LogP contribution in [0.1, 0.15) is 41.5 Å². The molecule has 0 saturated carbocycles. The van der Waals surface area contributed by atoms with Crippen LogP contribution in [0.5, 0.6) is 0 Å². The van der Waals surface area contributed by atoms with Crippen LogP contribution in [0.3, 0.4) is 0 Å². The minimum absolute atomic E-state index is 0.544. The van der Waals surface area contributed by atoms with Crippen molar-refractivity contribution in [2.45, 2.75) is 58.2 Å². The molecule has 0 saturated heterocycles. The van der Waals surface area contributed by atoms with Crippen molar-refractivity contribution in [2.24, 2.45) is 0 Å². The van der Waals surface area contributed by atoms with Crippen LogP contribution >= 0.6 is 0 Å². The summed E-state index contributed by atoms with van der Waals surface area (Å²) in [6, 6.07) is 3.74. The van der Waals surface area contributed by atoms with Crippen LogP contribution in [0.4, 0.5) is 0 Å². The lowest BCUT2D eigenvalue weighted by molar-refractivity contribution is 0.423. The highest BCUT2D eigenvalue weighted by atomic mass is 28.3. The molecule has 3 nitrogen and oxygen atoms in total. The zero-order chi connectivity index (χ0) is 14.1. The van der Waals surface area contributed by atoms with Gasteiger partial charge < -0.3 is 14.3 Å². The third-order valence-electron chi connectivity index (χ3n) is 4.24. The van der Waals surface area contributed by atoms with Crippen molar-refractivity contribution in [3.8, 4) is 0 Å². The van der Waals surface area contributed by atoms with Gasteiger partial charge >= 0.3 is 7.12 Å². The van der Waals surface area contributed by atoms with E-state index in [2.05, 4.69) is 45.8 Å². The van der Waals surface area contributed by atoms with Crippen LogP contribution in [-0.4, -0.2) is 29.6 Å². The molecule has 1 rings (SSSR count). The van der Waals surface area contributed by atoms with E-state index < -0.39 is 15.4 Å². The molecule has 1 aromatic heterocycles. The molecule has 0 bridgehead atoms. The third-order valence-corrected chi connectivity index (χ3v) is 11.0. The van der Waals surface area contributed by atoms with Gasteiger partial charge in [0.25, 0.3) is 0 Å². The number of nitrogens with zero attached hydrogens (tertiary/aromatic N) is 1. The van der Waals surface area contributed by atoms with Gasteiger partial charge in [-0.25, -0.2) is 0 Å². The van der Waals surface area contributed by atoms with Gasteiger partial charge in [0, 0.05) is 5.59 Å². The molecule has 0 aliphatic carbocycles. The fourth-order valence-corrected chi connectivity index (χ4v) is 10.4. The first-order valence-corrected chi connectivity index (χ1v) is 8.98. The van der Waals surface area contributed by atoms with E-state index in [-0.39, 0.29) is 0 Å². The largest absolute Gasteiger partial charge is 0.505 e. The van der Waals surface area contributed by atoms with Crippen molar-refractivity contribution in [3.63, 3.8) is 0 Å². The number of hydrogen-bond acceptors (Lipinski definition) is 2. The highest BCUT2D eigenvalue weighted by Crippen LogP contribution is 2.42. The third kappa shape index (κ3) is 2.31. The van der Waals surface area contributed by atoms with Crippen molar-refractivity contribution in [2.75, 3.05) is 0 Å². The summed E-state index contributed by atoms with van der Waals surface area (Å²) in [5, 5.41) is 19.1. The van der Waals surface area contributed by atoms with Crippen LogP contribution in [0.2, 0.25) is 16.6 Å². The van der Waals surface area contributed by atoms with Crippen molar-refractivity contribution >= 4 is 20.9 Å². The van der Waals surface area contributed by atoms with Crippen LogP contribution in [0.15, 0.2) is 18.3 Å². The quantitative estimate of drug-likeness (QED) is 0.803. The fourth-order valence-electron chi connectivity index (χ4n) is 3.79. The lowest BCUT2D eigenvalue weighted by Crippen LogP contribution is -2.57. The molecule has 0 unspecified atom stereocenters. The predicted molar refractivity (Wildman–Crippen MR) is 80.7 cm³/mol. The summed E-state index contributed by atoms with van der Waals surface area (Å²) in [7, 11) is -3.25. The molecule has 0 atom stereocenters. The summed E-state index contributed by atoms with van der Waals surface area (Å²) in [6.45, 7) is 13.6. The van der Waals surface area contributed by atoms with Gasteiger partial charge in [0.05, 0.1) is 0 Å². The van der Waals surface area contributed by atoms with E-state index in [1.807, 2.05) is 18.3 Å². The molecule has 0 aromatic carbocycles. The molecule has 0 amide bonds. The molecule has 0 aliphatic heterocycles. The Morgan fingerprint density at radius 1 is 1.00 bits per heavy atom. The van der Waals surface area contributed by atoms with Gasteiger partial charge in [-0.15, -0.1) is 0 Å². The second-order valence-corrected chi connectivity index (χ2v) is 11.7. The molecule has 0 spiro atoms. The normalized spacial score (nSPS) is 12.8. The smallest absolute Gasteiger partial charge is 0.422 e. The molecule has 1 heterocycles. The van der Waals surface area contributed by atoms with E-state index in [9.17, 15) is 10.0 Å². The molecule has 0 fully saturated rings. The average Bonchev–Trinajstić information content (AvgIpc) is 2.65. The van der Waals surface area contributed by atoms with Crippen LogP contribution in [0, 0.1) is 0 Å². The first kappa shape index (κ1) is 15.5. The second kappa shape index (κ2) is 5.63. The maximum atomic E-state index is 9.56. The Hall–Kier alpha value is -0.518. The molecule has 0 aliphatic rings. The summed E-state index contributed by atoms with van der Waals surface area (Å²) in [4.78, 5) is 0. The predicted octanol–water partition coefficient (Wildman–Crippen LogP) is 2.19. The summed E-state index contributed by atoms with van der Waals surface area (Å²) in [5.41, 5.74) is 2.27. The lowest BCUT2D eigenvalue weighted by Gasteiger charge is -2.45. The lowest BCUT2D eigenvalue weighted by atomic mass is 9.87. The van der Waals surface area contributed by atoms with E-state index in [1.165, 1.54) is 0 Å². The monoisotopic (exact) mass is 267 g/mol. The SMILES string of the molecule is CC(C)[Si](C(C)C)(C(C)C)n1cccc1B(O)O. The molecule has 18 heavy (non-hydrogen) atoms. The summed E-state index contributed by atoms with van der Waals surface area (Å²) in [5.74, 6) is 0. The first-order valence-electron chi connectivity index (χ1n) is 6.80. The van der Waals surface area contributed by atoms with Crippen molar-refractivity contribution in [1.29, 1.82) is 0 Å². The van der Waals surface area contributed by atoms with Gasteiger partial charge in [-0.2, -0.15) is 0 Å². The molecule has 2 N–H and O–H groups in total. The molecule has 0 radical (unpaired) electrons. The zero-order valence-electron chi connectivity index (χ0n) is 12.4. The van der Waals surface area contributed by atoms with Crippen molar-refractivity contribution < 1.29 is 10.0 Å². The maximum Gasteiger partial charge on any atom is 0.505 e. The summed E-state index contributed by atoms with van der Waals surface area (Å²) >= 11 is 0. The highest BCUT2D eigenvalue weighted by Gasteiger charge is 2.46. The zero-order valence-corrected chi connectivity index (χ0v) is 13.4. The average molecular weight is 267 g/mol. The topological polar surface area (TPSA) is 45.4 Å². The summed E-state index contributed by atoms with van der Waals surface area (Å²) < 4.78 is 2.21. The van der Waals surface area contributed by atoms with Gasteiger partial charge in [-0.05, 0) is 35.0 Å². The Bertz CT molecular complexity index is 366. The first-order chi connectivity index (χ1) is 8.26. The Kier molecular flexibility index (Phi) is 4.86. The summed E-state index contributed by atoms with van der Waals surface area (Å²) in [6.07, 6.45) is 2.03. The van der Waals surface area contributed by atoms with Gasteiger partial charge in [0.15, 0.2) is 8.24 Å². The van der Waals surface area contributed by atoms with Gasteiger partial charge in [-0.1, -0.05) is 41.5 Å². The van der Waals surface area contributed by atoms with Crippen LogP contribution in [-0.2, 0) is 0 Å². The molecule has 5 heteroatoms. The Labute approximate surface area is 112 Å². The fraction of sp³-hybridized carbons (Fsp3) is 0.692. The highest BCUT2D eigenvalue weighted by molar-refractivity contribution is 6.83. The van der Waals surface area contributed by atoms with Crippen LogP contribution in [0.25, 0.3) is 0 Å². The second-order valence-electron chi connectivity index (χ2n) is 6.03. The Morgan fingerprint density at radius 2 is 1.44 bits per heavy atom. The van der Waals surface area contributed by atoms with E-state index in [4.69, 9.17) is 0 Å². The molecular formula is C13H26BNO2Si. The number of hydrogen-bond donors (Lipinski definition) is 2. The van der Waals surface area contributed by atoms with Gasteiger partial charge in [-0.3, -0.25) is 0 Å². The van der Waals surface area contributed by atoms with E-state index in [1.54, 1.807) is 0 Å². The molecule has 1 aromatic rings. The van der Waals surface area contributed by atoms with Crippen molar-refractivity contribution in [1.82, 2.24) is 4.23 Å². The molecular weight excluding hydrogens is 241 g/mol. The molecule has 102 valence electrons. The van der Waals surface area contributed by atoms with Crippen molar-refractivity contribution in [3.05, 3.63) is 18.3 Å². The Morgan fingerprint density at radius 3 is 1.78 bits per heavy atom. The number of rotatable bonds is 5. The van der Waals surface area contributed by atoms with E-state index in [0.29, 0.717) is 22.2 Å². The standard InChI is InChI=1S/C13H26BNO2Si/c1-10(2)18(11(3)4,12(5)6)15-9-7-8-13(15)14(16)17/h7-12,16-17H,1-6H3. The van der Waals surface area contributed by atoms with E-state index in [0.717, 1.165) is 0 Å². The minimum atomic E-state index is -1.86. The maximum absolute atomic E-state index is 9.56. The minimum Gasteiger partial charge on any atom is -0.422 e. The number of aromatic nitrogens is 1. The Balaban J connectivity index is 3.47. The van der Waals surface area contributed by atoms with Crippen LogP contribution < -0.4 is 5.59 Å². The van der Waals surface area contributed by atoms with Gasteiger partial charge in [0.1, 0.15) is 0 Å². The van der Waals surface area contributed by atoms with E-state index >= 15 is 0 Å².